The molecule has 0 unspecified atom stereocenters. The van der Waals surface area contributed by atoms with Gasteiger partial charge >= 0.3 is 11.9 Å². The average Bonchev–Trinajstić information content (AvgIpc) is 2.93. The molecule has 0 atom stereocenters. The second-order valence-corrected chi connectivity index (χ2v) is 6.45. The van der Waals surface area contributed by atoms with E-state index in [4.69, 9.17) is 4.74 Å². The van der Waals surface area contributed by atoms with E-state index in [9.17, 15) is 14.4 Å². The lowest BCUT2D eigenvalue weighted by molar-refractivity contribution is 0.0376. The molecule has 7 nitrogen and oxygen atoms in total. The van der Waals surface area contributed by atoms with Crippen molar-refractivity contribution in [1.29, 1.82) is 0 Å². The quantitative estimate of drug-likeness (QED) is 0.760. The number of ether oxygens (including phenoxy) is 2. The van der Waals surface area contributed by atoms with Gasteiger partial charge in [-0.1, -0.05) is 12.1 Å². The number of benzene rings is 1. The number of aromatic amines is 1. The minimum Gasteiger partial charge on any atom is -0.465 e. The standard InChI is InChI=1S/C20H24N2O5/c1-11(2)27-20(25)16-12(3)17(22-13(16)4)18(23)21-10-14-6-8-15(9-7-14)19(24)26-5/h6-9,11,22H,10H2,1-5H3,(H,21,23). The van der Waals surface area contributed by atoms with Gasteiger partial charge in [-0.3, -0.25) is 4.79 Å². The van der Waals surface area contributed by atoms with E-state index in [-0.39, 0.29) is 18.6 Å². The molecule has 2 N–H and O–H groups in total. The number of rotatable bonds is 6. The molecule has 144 valence electrons. The Balaban J connectivity index is 2.08. The van der Waals surface area contributed by atoms with Crippen molar-refractivity contribution < 1.29 is 23.9 Å². The number of carbonyl (C=O) groups excluding carboxylic acids is 3. The Bertz CT molecular complexity index is 850. The third-order valence-electron chi connectivity index (χ3n) is 4.04. The zero-order valence-corrected chi connectivity index (χ0v) is 16.1. The SMILES string of the molecule is COC(=O)c1ccc(CNC(=O)c2[nH]c(C)c(C(=O)OC(C)C)c2C)cc1. The van der Waals surface area contributed by atoms with Gasteiger partial charge in [-0.25, -0.2) is 9.59 Å². The fraction of sp³-hybridized carbons (Fsp3) is 0.350. The Morgan fingerprint density at radius 3 is 2.26 bits per heavy atom. The lowest BCUT2D eigenvalue weighted by Gasteiger charge is -2.08. The number of nitrogens with one attached hydrogen (secondary N) is 2. The summed E-state index contributed by atoms with van der Waals surface area (Å²) in [6.07, 6.45) is -0.239. The van der Waals surface area contributed by atoms with Gasteiger partial charge in [-0.2, -0.15) is 0 Å². The number of H-pyrrole nitrogens is 1. The summed E-state index contributed by atoms with van der Waals surface area (Å²) in [6, 6.07) is 6.75. The van der Waals surface area contributed by atoms with Crippen LogP contribution in [0.1, 0.15) is 61.9 Å². The van der Waals surface area contributed by atoms with Gasteiger partial charge in [-0.05, 0) is 51.0 Å². The molecule has 2 rings (SSSR count). The fourth-order valence-corrected chi connectivity index (χ4v) is 2.70. The molecule has 0 aliphatic rings. The second kappa shape index (κ2) is 8.53. The normalized spacial score (nSPS) is 10.6. The van der Waals surface area contributed by atoms with Crippen molar-refractivity contribution in [3.63, 3.8) is 0 Å². The van der Waals surface area contributed by atoms with E-state index in [2.05, 4.69) is 15.0 Å². The maximum Gasteiger partial charge on any atom is 0.340 e. The average molecular weight is 372 g/mol. The number of aromatic nitrogens is 1. The predicted octanol–water partition coefficient (Wildman–Crippen LogP) is 2.91. The van der Waals surface area contributed by atoms with Crippen LogP contribution in [0, 0.1) is 13.8 Å². The van der Waals surface area contributed by atoms with Crippen LogP contribution in [0.4, 0.5) is 0 Å². The second-order valence-electron chi connectivity index (χ2n) is 6.45. The molecule has 1 aromatic carbocycles. The minimum atomic E-state index is -0.450. The van der Waals surface area contributed by atoms with Gasteiger partial charge in [0.25, 0.3) is 5.91 Å². The highest BCUT2D eigenvalue weighted by molar-refractivity contribution is 6.00. The highest BCUT2D eigenvalue weighted by Gasteiger charge is 2.23. The van der Waals surface area contributed by atoms with Crippen LogP contribution >= 0.6 is 0 Å². The number of esters is 2. The molecule has 1 aromatic heterocycles. The van der Waals surface area contributed by atoms with Crippen LogP contribution in [0.5, 0.6) is 0 Å². The molecule has 0 bridgehead atoms. The van der Waals surface area contributed by atoms with Crippen molar-refractivity contribution in [1.82, 2.24) is 10.3 Å². The fourth-order valence-electron chi connectivity index (χ4n) is 2.70. The number of amides is 1. The first-order valence-corrected chi connectivity index (χ1v) is 8.60. The van der Waals surface area contributed by atoms with Crippen molar-refractivity contribution >= 4 is 17.8 Å². The Kier molecular flexibility index (Phi) is 6.39. The number of hydrogen-bond donors (Lipinski definition) is 2. The van der Waals surface area contributed by atoms with Crippen LogP contribution in [0.15, 0.2) is 24.3 Å². The van der Waals surface area contributed by atoms with Crippen molar-refractivity contribution in [2.24, 2.45) is 0 Å². The molecular weight excluding hydrogens is 348 g/mol. The van der Waals surface area contributed by atoms with Crippen molar-refractivity contribution in [2.75, 3.05) is 7.11 Å². The van der Waals surface area contributed by atoms with Crippen LogP contribution in [0.3, 0.4) is 0 Å². The summed E-state index contributed by atoms with van der Waals surface area (Å²) in [5, 5.41) is 2.80. The van der Waals surface area contributed by atoms with Crippen LogP contribution in [-0.2, 0) is 16.0 Å². The molecule has 0 aliphatic carbocycles. The van der Waals surface area contributed by atoms with E-state index in [1.807, 2.05) is 0 Å². The lowest BCUT2D eigenvalue weighted by Crippen LogP contribution is -2.24. The topological polar surface area (TPSA) is 97.5 Å². The van der Waals surface area contributed by atoms with Gasteiger partial charge in [0.1, 0.15) is 5.69 Å². The Hall–Kier alpha value is -3.09. The summed E-state index contributed by atoms with van der Waals surface area (Å²) in [5.41, 5.74) is 3.13. The molecule has 1 heterocycles. The van der Waals surface area contributed by atoms with Crippen molar-refractivity contribution in [3.8, 4) is 0 Å². The molecule has 0 saturated carbocycles. The molecule has 1 amide bonds. The molecular formula is C20H24N2O5. The Labute approximate surface area is 158 Å². The first kappa shape index (κ1) is 20.2. The zero-order valence-electron chi connectivity index (χ0n) is 16.1. The Morgan fingerprint density at radius 1 is 1.07 bits per heavy atom. The highest BCUT2D eigenvalue weighted by atomic mass is 16.5. The zero-order chi connectivity index (χ0) is 20.1. The first-order valence-electron chi connectivity index (χ1n) is 8.60. The van der Waals surface area contributed by atoms with Crippen LogP contribution < -0.4 is 5.32 Å². The largest absolute Gasteiger partial charge is 0.465 e. The van der Waals surface area contributed by atoms with E-state index < -0.39 is 11.9 Å². The van der Waals surface area contributed by atoms with Gasteiger partial charge in [0.2, 0.25) is 0 Å². The molecule has 0 spiro atoms. The summed E-state index contributed by atoms with van der Waals surface area (Å²) in [4.78, 5) is 39.1. The Morgan fingerprint density at radius 2 is 1.70 bits per heavy atom. The summed E-state index contributed by atoms with van der Waals surface area (Å²) in [6.45, 7) is 7.26. The first-order chi connectivity index (χ1) is 12.7. The van der Waals surface area contributed by atoms with Crippen LogP contribution in [-0.4, -0.2) is 36.0 Å². The third-order valence-corrected chi connectivity index (χ3v) is 4.04. The maximum atomic E-state index is 12.5. The molecule has 27 heavy (non-hydrogen) atoms. The highest BCUT2D eigenvalue weighted by Crippen LogP contribution is 2.19. The van der Waals surface area contributed by atoms with E-state index >= 15 is 0 Å². The molecule has 7 heteroatoms. The molecule has 0 aliphatic heterocycles. The molecule has 0 saturated heterocycles. The molecule has 0 fully saturated rings. The van der Waals surface area contributed by atoms with Crippen LogP contribution in [0.2, 0.25) is 0 Å². The number of methoxy groups -OCH3 is 1. The number of carbonyl (C=O) groups is 3. The lowest BCUT2D eigenvalue weighted by atomic mass is 10.1. The van der Waals surface area contributed by atoms with Gasteiger partial charge in [0.15, 0.2) is 0 Å². The van der Waals surface area contributed by atoms with Crippen molar-refractivity contribution in [2.45, 2.75) is 40.3 Å². The van der Waals surface area contributed by atoms with E-state index in [0.717, 1.165) is 5.56 Å². The van der Waals surface area contributed by atoms with E-state index in [1.54, 1.807) is 52.0 Å². The summed E-state index contributed by atoms with van der Waals surface area (Å²) >= 11 is 0. The van der Waals surface area contributed by atoms with Crippen LogP contribution in [0.25, 0.3) is 0 Å². The van der Waals surface area contributed by atoms with Gasteiger partial charge in [0, 0.05) is 12.2 Å². The number of aryl methyl sites for hydroxylation is 1. The van der Waals surface area contributed by atoms with Gasteiger partial charge < -0.3 is 19.8 Å². The summed E-state index contributed by atoms with van der Waals surface area (Å²) < 4.78 is 9.88. The van der Waals surface area contributed by atoms with Crippen molar-refractivity contribution in [3.05, 3.63) is 57.9 Å². The summed E-state index contributed by atoms with van der Waals surface area (Å²) in [5.74, 6) is -1.19. The van der Waals surface area contributed by atoms with E-state index in [0.29, 0.717) is 28.1 Å². The smallest absolute Gasteiger partial charge is 0.340 e. The summed E-state index contributed by atoms with van der Waals surface area (Å²) in [7, 11) is 1.32. The van der Waals surface area contributed by atoms with Gasteiger partial charge in [0.05, 0.1) is 24.3 Å². The van der Waals surface area contributed by atoms with E-state index in [1.165, 1.54) is 7.11 Å². The molecule has 0 radical (unpaired) electrons. The minimum absolute atomic E-state index is 0.239. The molecule has 2 aromatic rings. The predicted molar refractivity (Wildman–Crippen MR) is 99.8 cm³/mol. The third kappa shape index (κ3) is 4.75. The number of hydrogen-bond acceptors (Lipinski definition) is 5. The maximum absolute atomic E-state index is 12.5. The van der Waals surface area contributed by atoms with Gasteiger partial charge in [-0.15, -0.1) is 0 Å². The monoisotopic (exact) mass is 372 g/mol.